The van der Waals surface area contributed by atoms with Gasteiger partial charge in [0.15, 0.2) is 0 Å². The lowest BCUT2D eigenvalue weighted by Crippen LogP contribution is -2.29. The van der Waals surface area contributed by atoms with E-state index >= 15 is 0 Å². The molecule has 1 saturated carbocycles. The number of nitrogens with zero attached hydrogens (tertiary/aromatic N) is 1. The summed E-state index contributed by atoms with van der Waals surface area (Å²) in [6, 6.07) is 3.49. The fourth-order valence-electron chi connectivity index (χ4n) is 2.58. The van der Waals surface area contributed by atoms with Crippen LogP contribution in [0.5, 0.6) is 5.75 Å². The monoisotopic (exact) mass is 250 g/mol. The van der Waals surface area contributed by atoms with Gasteiger partial charge in [-0.2, -0.15) is 0 Å². The first-order chi connectivity index (χ1) is 8.65. The van der Waals surface area contributed by atoms with E-state index in [-0.39, 0.29) is 11.9 Å². The summed E-state index contributed by atoms with van der Waals surface area (Å²) < 4.78 is 0. The van der Waals surface area contributed by atoms with E-state index < -0.39 is 0 Å². The minimum atomic E-state index is -0.129. The SMILES string of the molecule is Cc1ccc(O)c(CNCC2CCCC(O)C2)n1. The van der Waals surface area contributed by atoms with Gasteiger partial charge in [0.25, 0.3) is 0 Å². The van der Waals surface area contributed by atoms with Gasteiger partial charge in [0, 0.05) is 12.2 Å². The molecule has 4 heteroatoms. The third-order valence-electron chi connectivity index (χ3n) is 3.57. The van der Waals surface area contributed by atoms with Gasteiger partial charge in [0.2, 0.25) is 0 Å². The van der Waals surface area contributed by atoms with Crippen molar-refractivity contribution in [2.24, 2.45) is 5.92 Å². The summed E-state index contributed by atoms with van der Waals surface area (Å²) in [7, 11) is 0. The maximum atomic E-state index is 9.67. The van der Waals surface area contributed by atoms with Crippen molar-refractivity contribution < 1.29 is 10.2 Å². The summed E-state index contributed by atoms with van der Waals surface area (Å²) in [5.41, 5.74) is 1.61. The van der Waals surface area contributed by atoms with Crippen molar-refractivity contribution in [1.82, 2.24) is 10.3 Å². The molecule has 0 radical (unpaired) electrons. The minimum absolute atomic E-state index is 0.129. The fraction of sp³-hybridized carbons (Fsp3) is 0.643. The Hall–Kier alpha value is -1.13. The number of aromatic nitrogens is 1. The average Bonchev–Trinajstić information content (AvgIpc) is 2.34. The molecule has 2 atom stereocenters. The van der Waals surface area contributed by atoms with Crippen molar-refractivity contribution in [2.75, 3.05) is 6.54 Å². The third-order valence-corrected chi connectivity index (χ3v) is 3.57. The van der Waals surface area contributed by atoms with E-state index in [0.29, 0.717) is 18.2 Å². The lowest BCUT2D eigenvalue weighted by Gasteiger charge is -2.26. The Bertz CT molecular complexity index is 395. The van der Waals surface area contributed by atoms with Crippen LogP contribution in [0.3, 0.4) is 0 Å². The summed E-state index contributed by atoms with van der Waals surface area (Å²) in [6.07, 6.45) is 3.99. The van der Waals surface area contributed by atoms with Gasteiger partial charge in [0.05, 0.1) is 11.8 Å². The Labute approximate surface area is 108 Å². The van der Waals surface area contributed by atoms with Gasteiger partial charge < -0.3 is 15.5 Å². The number of aliphatic hydroxyl groups is 1. The van der Waals surface area contributed by atoms with E-state index in [1.54, 1.807) is 12.1 Å². The number of hydrogen-bond acceptors (Lipinski definition) is 4. The van der Waals surface area contributed by atoms with Crippen LogP contribution in [0.1, 0.15) is 37.1 Å². The highest BCUT2D eigenvalue weighted by Gasteiger charge is 2.19. The quantitative estimate of drug-likeness (QED) is 0.761. The van der Waals surface area contributed by atoms with Crippen molar-refractivity contribution in [1.29, 1.82) is 0 Å². The van der Waals surface area contributed by atoms with E-state index in [4.69, 9.17) is 0 Å². The zero-order chi connectivity index (χ0) is 13.0. The Morgan fingerprint density at radius 3 is 3.00 bits per heavy atom. The standard InChI is InChI=1S/C14H22N2O2/c1-10-5-6-14(18)13(16-10)9-15-8-11-3-2-4-12(17)7-11/h5-6,11-12,15,17-18H,2-4,7-9H2,1H3. The van der Waals surface area contributed by atoms with E-state index in [2.05, 4.69) is 10.3 Å². The number of pyridine rings is 1. The molecular weight excluding hydrogens is 228 g/mol. The van der Waals surface area contributed by atoms with Crippen LogP contribution >= 0.6 is 0 Å². The van der Waals surface area contributed by atoms with Crippen LogP contribution in [0.4, 0.5) is 0 Å². The molecule has 4 nitrogen and oxygen atoms in total. The number of aromatic hydroxyl groups is 1. The normalized spacial score (nSPS) is 24.1. The Morgan fingerprint density at radius 1 is 1.39 bits per heavy atom. The first-order valence-corrected chi connectivity index (χ1v) is 6.69. The summed E-state index contributed by atoms with van der Waals surface area (Å²) in [5.74, 6) is 0.789. The molecule has 0 aromatic carbocycles. The van der Waals surface area contributed by atoms with Gasteiger partial charge >= 0.3 is 0 Å². The molecule has 1 fully saturated rings. The predicted octanol–water partition coefficient (Wildman–Crippen LogP) is 1.74. The molecule has 0 saturated heterocycles. The maximum absolute atomic E-state index is 9.67. The molecule has 1 aliphatic carbocycles. The highest BCUT2D eigenvalue weighted by molar-refractivity contribution is 5.27. The molecule has 2 unspecified atom stereocenters. The van der Waals surface area contributed by atoms with Crippen LogP contribution in [-0.4, -0.2) is 27.8 Å². The highest BCUT2D eigenvalue weighted by Crippen LogP contribution is 2.23. The topological polar surface area (TPSA) is 65.4 Å². The molecule has 1 heterocycles. The smallest absolute Gasteiger partial charge is 0.138 e. The summed E-state index contributed by atoms with van der Waals surface area (Å²) in [4.78, 5) is 4.31. The van der Waals surface area contributed by atoms with Crippen LogP contribution in [0.15, 0.2) is 12.1 Å². The molecule has 0 bridgehead atoms. The van der Waals surface area contributed by atoms with Crippen molar-refractivity contribution in [3.05, 3.63) is 23.5 Å². The van der Waals surface area contributed by atoms with Crippen LogP contribution in [0.25, 0.3) is 0 Å². The van der Waals surface area contributed by atoms with Crippen molar-refractivity contribution in [3.63, 3.8) is 0 Å². The lowest BCUT2D eigenvalue weighted by molar-refractivity contribution is 0.100. The summed E-state index contributed by atoms with van der Waals surface area (Å²) in [6.45, 7) is 3.38. The van der Waals surface area contributed by atoms with E-state index in [1.807, 2.05) is 6.92 Å². The zero-order valence-corrected chi connectivity index (χ0v) is 10.9. The Kier molecular flexibility index (Phi) is 4.55. The second-order valence-electron chi connectivity index (χ2n) is 5.24. The Balaban J connectivity index is 1.79. The molecule has 1 aliphatic rings. The molecule has 1 aromatic rings. The molecule has 3 N–H and O–H groups in total. The minimum Gasteiger partial charge on any atom is -0.506 e. The molecule has 2 rings (SSSR count). The summed E-state index contributed by atoms with van der Waals surface area (Å²) in [5, 5.41) is 22.6. The second kappa shape index (κ2) is 6.16. The number of nitrogens with one attached hydrogen (secondary N) is 1. The predicted molar refractivity (Wildman–Crippen MR) is 70.3 cm³/mol. The number of aryl methyl sites for hydroxylation is 1. The van der Waals surface area contributed by atoms with Crippen molar-refractivity contribution >= 4 is 0 Å². The van der Waals surface area contributed by atoms with Crippen LogP contribution in [0.2, 0.25) is 0 Å². The van der Waals surface area contributed by atoms with Gasteiger partial charge in [0.1, 0.15) is 5.75 Å². The average molecular weight is 250 g/mol. The first kappa shape index (κ1) is 13.3. The van der Waals surface area contributed by atoms with Gasteiger partial charge in [-0.15, -0.1) is 0 Å². The molecule has 0 aliphatic heterocycles. The van der Waals surface area contributed by atoms with Crippen LogP contribution < -0.4 is 5.32 Å². The van der Waals surface area contributed by atoms with Gasteiger partial charge in [-0.1, -0.05) is 6.42 Å². The van der Waals surface area contributed by atoms with Gasteiger partial charge in [-0.05, 0) is 50.8 Å². The van der Waals surface area contributed by atoms with Gasteiger partial charge in [-0.3, -0.25) is 4.98 Å². The van der Waals surface area contributed by atoms with Crippen molar-refractivity contribution in [2.45, 2.75) is 45.3 Å². The second-order valence-corrected chi connectivity index (χ2v) is 5.24. The van der Waals surface area contributed by atoms with Crippen LogP contribution in [-0.2, 0) is 6.54 Å². The van der Waals surface area contributed by atoms with E-state index in [9.17, 15) is 10.2 Å². The number of hydrogen-bond donors (Lipinski definition) is 3. The van der Waals surface area contributed by atoms with E-state index in [0.717, 1.165) is 31.5 Å². The molecule has 100 valence electrons. The molecular formula is C14H22N2O2. The lowest BCUT2D eigenvalue weighted by atomic mass is 9.87. The third kappa shape index (κ3) is 3.68. The molecule has 0 amide bonds. The number of aliphatic hydroxyl groups excluding tert-OH is 1. The van der Waals surface area contributed by atoms with Crippen molar-refractivity contribution in [3.8, 4) is 5.75 Å². The molecule has 18 heavy (non-hydrogen) atoms. The van der Waals surface area contributed by atoms with E-state index in [1.165, 1.54) is 6.42 Å². The molecule has 1 aromatic heterocycles. The van der Waals surface area contributed by atoms with Gasteiger partial charge in [-0.25, -0.2) is 0 Å². The molecule has 0 spiro atoms. The number of rotatable bonds is 4. The maximum Gasteiger partial charge on any atom is 0.138 e. The Morgan fingerprint density at radius 2 is 2.22 bits per heavy atom. The largest absolute Gasteiger partial charge is 0.506 e. The fourth-order valence-corrected chi connectivity index (χ4v) is 2.58. The summed E-state index contributed by atoms with van der Waals surface area (Å²) >= 11 is 0. The first-order valence-electron chi connectivity index (χ1n) is 6.69. The highest BCUT2D eigenvalue weighted by atomic mass is 16.3. The van der Waals surface area contributed by atoms with Crippen LogP contribution in [0, 0.1) is 12.8 Å². The zero-order valence-electron chi connectivity index (χ0n) is 10.9.